The Bertz CT molecular complexity index is 974. The Balaban J connectivity index is 1.38. The highest BCUT2D eigenvalue weighted by Gasteiger charge is 2.48. The second kappa shape index (κ2) is 7.83. The molecule has 5 rings (SSSR count). The van der Waals surface area contributed by atoms with Gasteiger partial charge in [0.1, 0.15) is 12.1 Å². The van der Waals surface area contributed by atoms with Gasteiger partial charge in [-0.2, -0.15) is 5.10 Å². The maximum absolute atomic E-state index is 13.3. The van der Waals surface area contributed by atoms with Crippen LogP contribution in [-0.2, 0) is 17.6 Å². The summed E-state index contributed by atoms with van der Waals surface area (Å²) in [6, 6.07) is 6.44. The summed E-state index contributed by atoms with van der Waals surface area (Å²) in [5.41, 5.74) is 6.13. The van der Waals surface area contributed by atoms with Gasteiger partial charge in [0.25, 0.3) is 0 Å². The first kappa shape index (κ1) is 19.8. The number of benzene rings is 1. The number of nitrogens with one attached hydrogen (secondary N) is 1. The van der Waals surface area contributed by atoms with Gasteiger partial charge in [0.15, 0.2) is 0 Å². The molecule has 0 radical (unpaired) electrons. The van der Waals surface area contributed by atoms with Crippen molar-refractivity contribution in [2.24, 2.45) is 11.3 Å². The molecule has 3 heterocycles. The maximum Gasteiger partial charge on any atom is 0.128 e. The molecule has 2 unspecified atom stereocenters. The molecule has 0 bridgehead atoms. The molecule has 2 aromatic rings. The topological polar surface area (TPSA) is 53.4 Å². The number of aldehydes is 1. The lowest BCUT2D eigenvalue weighted by Gasteiger charge is -2.47. The van der Waals surface area contributed by atoms with Crippen LogP contribution in [-0.4, -0.2) is 51.6 Å². The smallest absolute Gasteiger partial charge is 0.128 e. The predicted octanol–water partition coefficient (Wildman–Crippen LogP) is 2.95. The third kappa shape index (κ3) is 3.36. The van der Waals surface area contributed by atoms with E-state index in [0.29, 0.717) is 12.3 Å². The summed E-state index contributed by atoms with van der Waals surface area (Å²) in [5.74, 6) is 0.0482. The van der Waals surface area contributed by atoms with E-state index in [9.17, 15) is 9.18 Å². The third-order valence-electron chi connectivity index (χ3n) is 6.60. The van der Waals surface area contributed by atoms with Gasteiger partial charge in [-0.25, -0.2) is 18.8 Å². The largest absolute Gasteiger partial charge is 0.303 e. The Morgan fingerprint density at radius 2 is 2.20 bits per heavy atom. The van der Waals surface area contributed by atoms with Gasteiger partial charge in [-0.05, 0) is 80.0 Å². The second-order valence-electron chi connectivity index (χ2n) is 8.33. The third-order valence-corrected chi connectivity index (χ3v) is 7.74. The van der Waals surface area contributed by atoms with Crippen LogP contribution in [0.2, 0.25) is 0 Å². The Kier molecular flexibility index (Phi) is 5.16. The minimum absolute atomic E-state index is 0.251. The molecular formula is C22H26FN5OS. The molecule has 1 aliphatic carbocycles. The standard InChI is InChI=1S/C22H26FN5OS/c1-2-27-21(7-9-24-27)30-26-10-8-17-11-20-16(12-22(17,14-26)15-29)13-25-28(20)19-5-3-18(23)4-6-19/h3-7,13,15,17,24H,2,8-12,14H2,1H3. The molecule has 1 saturated heterocycles. The zero-order valence-electron chi connectivity index (χ0n) is 17.1. The number of nitrogens with zero attached hydrogens (tertiary/aromatic N) is 4. The lowest BCUT2D eigenvalue weighted by Crippen LogP contribution is -2.51. The average molecular weight is 428 g/mol. The van der Waals surface area contributed by atoms with Gasteiger partial charge in [0, 0.05) is 37.3 Å². The molecule has 1 fully saturated rings. The summed E-state index contributed by atoms with van der Waals surface area (Å²) >= 11 is 1.76. The summed E-state index contributed by atoms with van der Waals surface area (Å²) < 4.78 is 17.6. The van der Waals surface area contributed by atoms with Crippen molar-refractivity contribution >= 4 is 18.2 Å². The number of halogens is 1. The minimum atomic E-state index is -0.376. The predicted molar refractivity (Wildman–Crippen MR) is 115 cm³/mol. The summed E-state index contributed by atoms with van der Waals surface area (Å²) in [6.07, 6.45) is 7.81. The first-order valence-electron chi connectivity index (χ1n) is 10.5. The van der Waals surface area contributed by atoms with Crippen LogP contribution in [0.4, 0.5) is 4.39 Å². The second-order valence-corrected chi connectivity index (χ2v) is 9.44. The van der Waals surface area contributed by atoms with E-state index in [1.165, 1.54) is 23.4 Å². The fourth-order valence-corrected chi connectivity index (χ4v) is 6.18. The van der Waals surface area contributed by atoms with Crippen LogP contribution in [0.3, 0.4) is 0 Å². The van der Waals surface area contributed by atoms with E-state index in [-0.39, 0.29) is 11.2 Å². The molecule has 158 valence electrons. The number of piperidine rings is 1. The highest BCUT2D eigenvalue weighted by molar-refractivity contribution is 8.00. The number of hydrazine groups is 1. The zero-order chi connectivity index (χ0) is 20.7. The SMILES string of the molecule is CCN1NCC=C1SN1CCC2Cc3c(cnn3-c3ccc(F)cc3)CC2(C=O)C1. The molecule has 0 amide bonds. The highest BCUT2D eigenvalue weighted by atomic mass is 32.2. The fraction of sp³-hybridized carbons (Fsp3) is 0.455. The molecule has 8 heteroatoms. The van der Waals surface area contributed by atoms with Crippen LogP contribution >= 0.6 is 11.9 Å². The number of fused-ring (bicyclic) bond motifs is 2. The molecule has 0 saturated carbocycles. The van der Waals surface area contributed by atoms with Gasteiger partial charge < -0.3 is 9.80 Å². The van der Waals surface area contributed by atoms with Crippen molar-refractivity contribution in [2.75, 3.05) is 26.2 Å². The van der Waals surface area contributed by atoms with Gasteiger partial charge in [0.05, 0.1) is 16.9 Å². The molecular weight excluding hydrogens is 401 g/mol. The highest BCUT2D eigenvalue weighted by Crippen LogP contribution is 2.46. The van der Waals surface area contributed by atoms with Gasteiger partial charge in [-0.1, -0.05) is 0 Å². The van der Waals surface area contributed by atoms with Crippen LogP contribution < -0.4 is 5.43 Å². The first-order valence-corrected chi connectivity index (χ1v) is 11.3. The Morgan fingerprint density at radius 3 is 2.97 bits per heavy atom. The van der Waals surface area contributed by atoms with Crippen molar-refractivity contribution in [3.05, 3.63) is 58.6 Å². The number of carbonyl (C=O) groups is 1. The number of rotatable bonds is 5. The Morgan fingerprint density at radius 1 is 1.37 bits per heavy atom. The van der Waals surface area contributed by atoms with Crippen LogP contribution in [0.1, 0.15) is 24.6 Å². The normalized spacial score (nSPS) is 26.3. The fourth-order valence-electron chi connectivity index (χ4n) is 4.97. The summed E-state index contributed by atoms with van der Waals surface area (Å²) in [4.78, 5) is 12.4. The summed E-state index contributed by atoms with van der Waals surface area (Å²) in [6.45, 7) is 5.62. The molecule has 1 aromatic carbocycles. The van der Waals surface area contributed by atoms with Crippen LogP contribution in [0.25, 0.3) is 5.69 Å². The lowest BCUT2D eigenvalue weighted by molar-refractivity contribution is -0.122. The van der Waals surface area contributed by atoms with E-state index in [0.717, 1.165) is 56.0 Å². The number of aromatic nitrogens is 2. The van der Waals surface area contributed by atoms with Crippen molar-refractivity contribution < 1.29 is 9.18 Å². The summed E-state index contributed by atoms with van der Waals surface area (Å²) in [7, 11) is 0. The summed E-state index contributed by atoms with van der Waals surface area (Å²) in [5, 5.41) is 7.96. The van der Waals surface area contributed by atoms with E-state index in [1.807, 2.05) is 10.9 Å². The van der Waals surface area contributed by atoms with Crippen LogP contribution in [0.5, 0.6) is 0 Å². The van der Waals surface area contributed by atoms with Crippen LogP contribution in [0, 0.1) is 17.2 Å². The average Bonchev–Trinajstić information content (AvgIpc) is 3.38. The maximum atomic E-state index is 13.3. The van der Waals surface area contributed by atoms with Crippen LogP contribution in [0.15, 0.2) is 41.6 Å². The van der Waals surface area contributed by atoms with E-state index in [1.54, 1.807) is 24.1 Å². The van der Waals surface area contributed by atoms with Crippen molar-refractivity contribution in [1.82, 2.24) is 24.5 Å². The van der Waals surface area contributed by atoms with Crippen molar-refractivity contribution in [1.29, 1.82) is 0 Å². The number of hydrogen-bond donors (Lipinski definition) is 1. The first-order chi connectivity index (χ1) is 14.6. The molecule has 1 N–H and O–H groups in total. The molecule has 0 spiro atoms. The Labute approximate surface area is 180 Å². The van der Waals surface area contributed by atoms with Gasteiger partial charge in [0.2, 0.25) is 0 Å². The number of carbonyl (C=O) groups excluding carboxylic acids is 1. The van der Waals surface area contributed by atoms with E-state index in [2.05, 4.69) is 32.8 Å². The Hall–Kier alpha value is -2.16. The monoisotopic (exact) mass is 427 g/mol. The molecule has 3 aliphatic rings. The molecule has 2 atom stereocenters. The van der Waals surface area contributed by atoms with Gasteiger partial charge >= 0.3 is 0 Å². The van der Waals surface area contributed by atoms with Crippen molar-refractivity contribution in [3.8, 4) is 5.69 Å². The quantitative estimate of drug-likeness (QED) is 0.585. The van der Waals surface area contributed by atoms with Crippen molar-refractivity contribution in [2.45, 2.75) is 26.2 Å². The minimum Gasteiger partial charge on any atom is -0.303 e. The van der Waals surface area contributed by atoms with Crippen molar-refractivity contribution in [3.63, 3.8) is 0 Å². The zero-order valence-corrected chi connectivity index (χ0v) is 17.9. The molecule has 2 aliphatic heterocycles. The molecule has 6 nitrogen and oxygen atoms in total. The van der Waals surface area contributed by atoms with E-state index < -0.39 is 0 Å². The molecule has 30 heavy (non-hydrogen) atoms. The van der Waals surface area contributed by atoms with E-state index >= 15 is 0 Å². The van der Waals surface area contributed by atoms with E-state index in [4.69, 9.17) is 0 Å². The van der Waals surface area contributed by atoms with Gasteiger partial charge in [-0.15, -0.1) is 0 Å². The lowest BCUT2D eigenvalue weighted by atomic mass is 9.64. The van der Waals surface area contributed by atoms with Gasteiger partial charge in [-0.3, -0.25) is 0 Å². The number of hydrogen-bond acceptors (Lipinski definition) is 6. The molecule has 1 aromatic heterocycles.